The number of carbonyl (C=O) groups is 1. The van der Waals surface area contributed by atoms with E-state index in [2.05, 4.69) is 10.1 Å². The van der Waals surface area contributed by atoms with Gasteiger partial charge < -0.3 is 14.1 Å². The molecule has 0 spiro atoms. The van der Waals surface area contributed by atoms with E-state index < -0.39 is 0 Å². The van der Waals surface area contributed by atoms with Gasteiger partial charge in [0.15, 0.2) is 0 Å². The molecule has 0 radical (unpaired) electrons. The highest BCUT2D eigenvalue weighted by molar-refractivity contribution is 5.99. The van der Waals surface area contributed by atoms with E-state index in [-0.39, 0.29) is 12.0 Å². The zero-order valence-electron chi connectivity index (χ0n) is 13.8. The Hall–Kier alpha value is -3.09. The van der Waals surface area contributed by atoms with Gasteiger partial charge in [-0.2, -0.15) is 5.10 Å². The van der Waals surface area contributed by atoms with Gasteiger partial charge in [0, 0.05) is 38.0 Å². The molecule has 4 rings (SSSR count). The fraction of sp³-hybridized carbons (Fsp3) is 0.278. The summed E-state index contributed by atoms with van der Waals surface area (Å²) in [6.45, 7) is 1.21. The molecule has 0 aromatic carbocycles. The molecule has 7 heteroatoms. The number of furan rings is 1. The molecule has 3 aromatic heterocycles. The van der Waals surface area contributed by atoms with E-state index in [0.29, 0.717) is 24.3 Å². The summed E-state index contributed by atoms with van der Waals surface area (Å²) >= 11 is 0. The van der Waals surface area contributed by atoms with Crippen LogP contribution in [0.25, 0.3) is 11.3 Å². The summed E-state index contributed by atoms with van der Waals surface area (Å²) in [6, 6.07) is 5.51. The first-order valence-electron chi connectivity index (χ1n) is 8.13. The summed E-state index contributed by atoms with van der Waals surface area (Å²) in [5.74, 6) is 0.684. The highest BCUT2D eigenvalue weighted by Crippen LogP contribution is 2.25. The number of hydrogen-bond donors (Lipinski definition) is 0. The van der Waals surface area contributed by atoms with Crippen molar-refractivity contribution in [2.24, 2.45) is 7.05 Å². The fourth-order valence-corrected chi connectivity index (χ4v) is 3.05. The number of hydrogen-bond acceptors (Lipinski definition) is 5. The van der Waals surface area contributed by atoms with Crippen molar-refractivity contribution in [1.29, 1.82) is 0 Å². The monoisotopic (exact) mass is 338 g/mol. The highest BCUT2D eigenvalue weighted by atomic mass is 16.5. The molecule has 0 aliphatic carbocycles. The average Bonchev–Trinajstić information content (AvgIpc) is 3.35. The molecule has 1 unspecified atom stereocenters. The zero-order valence-corrected chi connectivity index (χ0v) is 13.8. The van der Waals surface area contributed by atoms with Crippen LogP contribution >= 0.6 is 0 Å². The Morgan fingerprint density at radius 1 is 1.40 bits per heavy atom. The Morgan fingerprint density at radius 3 is 3.08 bits per heavy atom. The van der Waals surface area contributed by atoms with Gasteiger partial charge in [-0.25, -0.2) is 0 Å². The lowest BCUT2D eigenvalue weighted by atomic mass is 10.1. The number of aryl methyl sites for hydroxylation is 1. The number of nitrogens with zero attached hydrogens (tertiary/aromatic N) is 4. The van der Waals surface area contributed by atoms with Crippen LogP contribution in [-0.4, -0.2) is 44.8 Å². The molecule has 1 aliphatic heterocycles. The third-order valence-corrected chi connectivity index (χ3v) is 4.22. The number of amides is 1. The van der Waals surface area contributed by atoms with Crippen LogP contribution in [0.15, 0.2) is 53.7 Å². The summed E-state index contributed by atoms with van der Waals surface area (Å²) in [6.07, 6.45) is 9.08. The Labute approximate surface area is 144 Å². The van der Waals surface area contributed by atoms with Gasteiger partial charge in [0.2, 0.25) is 0 Å². The number of carbonyl (C=O) groups excluding carboxylic acids is 1. The Morgan fingerprint density at radius 2 is 2.32 bits per heavy atom. The molecule has 3 aromatic rings. The standard InChI is InChI=1S/C18H18N4O3/c1-21-11-16(17(20-21)13-5-8-24-12-13)18(23)22-7-4-15(10-22)25-14-3-2-6-19-9-14/h2-3,5-6,8-9,11-12,15H,4,7,10H2,1H3. The molecule has 0 saturated carbocycles. The van der Waals surface area contributed by atoms with E-state index in [4.69, 9.17) is 9.15 Å². The van der Waals surface area contributed by atoms with E-state index in [0.717, 1.165) is 17.7 Å². The second kappa shape index (κ2) is 6.43. The first kappa shape index (κ1) is 15.4. The van der Waals surface area contributed by atoms with Crippen molar-refractivity contribution in [2.75, 3.05) is 13.1 Å². The van der Waals surface area contributed by atoms with Crippen molar-refractivity contribution in [3.8, 4) is 17.0 Å². The molecule has 25 heavy (non-hydrogen) atoms. The number of likely N-dealkylation sites (tertiary alicyclic amines) is 1. The Bertz CT molecular complexity index is 858. The number of pyridine rings is 1. The van der Waals surface area contributed by atoms with Crippen molar-refractivity contribution in [3.63, 3.8) is 0 Å². The molecule has 1 fully saturated rings. The maximum atomic E-state index is 12.9. The van der Waals surface area contributed by atoms with Crippen LogP contribution in [0.3, 0.4) is 0 Å². The van der Waals surface area contributed by atoms with Crippen LogP contribution in [0, 0.1) is 0 Å². The zero-order chi connectivity index (χ0) is 17.2. The smallest absolute Gasteiger partial charge is 0.257 e. The summed E-state index contributed by atoms with van der Waals surface area (Å²) in [4.78, 5) is 18.8. The first-order valence-corrected chi connectivity index (χ1v) is 8.13. The van der Waals surface area contributed by atoms with Gasteiger partial charge in [0.25, 0.3) is 5.91 Å². The van der Waals surface area contributed by atoms with Gasteiger partial charge in [-0.05, 0) is 18.2 Å². The largest absolute Gasteiger partial charge is 0.487 e. The third-order valence-electron chi connectivity index (χ3n) is 4.22. The van der Waals surface area contributed by atoms with E-state index in [1.807, 2.05) is 17.0 Å². The molecular formula is C18H18N4O3. The molecule has 0 N–H and O–H groups in total. The summed E-state index contributed by atoms with van der Waals surface area (Å²) in [5, 5.41) is 4.40. The molecule has 128 valence electrons. The van der Waals surface area contributed by atoms with Gasteiger partial charge in [-0.1, -0.05) is 0 Å². The minimum absolute atomic E-state index is 0.0257. The van der Waals surface area contributed by atoms with Crippen molar-refractivity contribution in [1.82, 2.24) is 19.7 Å². The normalized spacial score (nSPS) is 17.0. The molecule has 1 amide bonds. The lowest BCUT2D eigenvalue weighted by molar-refractivity contribution is 0.0773. The molecule has 4 heterocycles. The molecular weight excluding hydrogens is 320 g/mol. The Kier molecular flexibility index (Phi) is 3.97. The summed E-state index contributed by atoms with van der Waals surface area (Å²) < 4.78 is 12.7. The van der Waals surface area contributed by atoms with E-state index in [9.17, 15) is 4.79 Å². The second-order valence-electron chi connectivity index (χ2n) is 6.05. The predicted molar refractivity (Wildman–Crippen MR) is 90.1 cm³/mol. The van der Waals surface area contributed by atoms with Gasteiger partial charge in [-0.15, -0.1) is 0 Å². The van der Waals surface area contributed by atoms with Gasteiger partial charge >= 0.3 is 0 Å². The van der Waals surface area contributed by atoms with Gasteiger partial charge in [0.05, 0.1) is 30.8 Å². The van der Waals surface area contributed by atoms with Crippen LogP contribution < -0.4 is 4.74 Å². The maximum absolute atomic E-state index is 12.9. The first-order chi connectivity index (χ1) is 12.2. The Balaban J connectivity index is 1.49. The van der Waals surface area contributed by atoms with E-state index >= 15 is 0 Å². The number of ether oxygens (including phenoxy) is 1. The lowest BCUT2D eigenvalue weighted by Crippen LogP contribution is -2.31. The van der Waals surface area contributed by atoms with Gasteiger partial charge in [-0.3, -0.25) is 14.5 Å². The quantitative estimate of drug-likeness (QED) is 0.730. The molecule has 7 nitrogen and oxygen atoms in total. The lowest BCUT2D eigenvalue weighted by Gasteiger charge is -2.17. The number of aromatic nitrogens is 3. The SMILES string of the molecule is Cn1cc(C(=O)N2CCC(Oc3cccnc3)C2)c(-c2ccoc2)n1. The van der Waals surface area contributed by atoms with E-state index in [1.54, 1.807) is 48.9 Å². The van der Waals surface area contributed by atoms with Crippen LogP contribution in [0.5, 0.6) is 5.75 Å². The molecule has 1 aliphatic rings. The van der Waals surface area contributed by atoms with Crippen LogP contribution in [0.2, 0.25) is 0 Å². The van der Waals surface area contributed by atoms with Crippen molar-refractivity contribution in [3.05, 3.63) is 54.9 Å². The molecule has 0 bridgehead atoms. The average molecular weight is 338 g/mol. The fourth-order valence-electron chi connectivity index (χ4n) is 3.05. The molecule has 1 saturated heterocycles. The number of rotatable bonds is 4. The minimum atomic E-state index is -0.0402. The van der Waals surface area contributed by atoms with Gasteiger partial charge in [0.1, 0.15) is 17.5 Å². The maximum Gasteiger partial charge on any atom is 0.257 e. The van der Waals surface area contributed by atoms with Crippen molar-refractivity contribution < 1.29 is 13.9 Å². The van der Waals surface area contributed by atoms with Crippen molar-refractivity contribution >= 4 is 5.91 Å². The minimum Gasteiger partial charge on any atom is -0.487 e. The van der Waals surface area contributed by atoms with Crippen LogP contribution in [-0.2, 0) is 7.05 Å². The predicted octanol–water partition coefficient (Wildman–Crippen LogP) is 2.37. The summed E-state index contributed by atoms with van der Waals surface area (Å²) in [7, 11) is 1.80. The third kappa shape index (κ3) is 3.13. The second-order valence-corrected chi connectivity index (χ2v) is 6.05. The molecule has 1 atom stereocenters. The summed E-state index contributed by atoms with van der Waals surface area (Å²) in [5.41, 5.74) is 2.01. The van der Waals surface area contributed by atoms with Crippen LogP contribution in [0.1, 0.15) is 16.8 Å². The van der Waals surface area contributed by atoms with E-state index in [1.165, 1.54) is 0 Å². The van der Waals surface area contributed by atoms with Crippen LogP contribution in [0.4, 0.5) is 0 Å². The highest BCUT2D eigenvalue weighted by Gasteiger charge is 2.30. The topological polar surface area (TPSA) is 73.4 Å². The van der Waals surface area contributed by atoms with Crippen molar-refractivity contribution in [2.45, 2.75) is 12.5 Å².